The topological polar surface area (TPSA) is 121 Å². The molecule has 10 nitrogen and oxygen atoms in total. The summed E-state index contributed by atoms with van der Waals surface area (Å²) in [6, 6.07) is 14.5. The van der Waals surface area contributed by atoms with Crippen molar-refractivity contribution >= 4 is 17.5 Å². The van der Waals surface area contributed by atoms with Crippen LogP contribution in [0.25, 0.3) is 5.69 Å². The summed E-state index contributed by atoms with van der Waals surface area (Å²) < 4.78 is 14.8. The number of methoxy groups -OCH3 is 1. The Kier molecular flexibility index (Phi) is 8.27. The molecular formula is C29H37N5O5. The molecule has 1 aliphatic heterocycles. The molecule has 3 N–H and O–H groups in total. The Morgan fingerprint density at radius 1 is 1.08 bits per heavy atom. The Balaban J connectivity index is 1.57. The summed E-state index contributed by atoms with van der Waals surface area (Å²) in [4.78, 5) is 40.9. The number of rotatable bonds is 11. The van der Waals surface area contributed by atoms with Gasteiger partial charge in [-0.05, 0) is 42.6 Å². The molecule has 208 valence electrons. The minimum atomic E-state index is -0.577. The second-order valence-corrected chi connectivity index (χ2v) is 10.9. The third kappa shape index (κ3) is 6.23. The Morgan fingerprint density at radius 2 is 1.77 bits per heavy atom. The average molecular weight is 536 g/mol. The van der Waals surface area contributed by atoms with Crippen LogP contribution in [0.4, 0.5) is 5.69 Å². The number of para-hydroxylation sites is 2. The van der Waals surface area contributed by atoms with Crippen molar-refractivity contribution in [1.29, 1.82) is 0 Å². The molecule has 39 heavy (non-hydrogen) atoms. The normalized spacial score (nSPS) is 14.2. The number of benzene rings is 2. The number of likely N-dealkylation sites (N-methyl/N-ethyl adjacent to an activating group) is 1. The molecule has 2 amide bonds. The number of carbonyl (C=O) groups excluding carboxylic acids is 2. The third-order valence-corrected chi connectivity index (χ3v) is 7.01. The minimum Gasteiger partial charge on any atom is -0.496 e. The first-order valence-corrected chi connectivity index (χ1v) is 12.9. The quantitative estimate of drug-likeness (QED) is 0.390. The van der Waals surface area contributed by atoms with Crippen molar-refractivity contribution in [2.24, 2.45) is 18.2 Å². The smallest absolute Gasteiger partial charge is 0.295 e. The first-order valence-electron chi connectivity index (χ1n) is 12.9. The molecule has 2 heterocycles. The molecule has 1 saturated heterocycles. The largest absolute Gasteiger partial charge is 0.496 e. The zero-order valence-corrected chi connectivity index (χ0v) is 23.2. The first-order chi connectivity index (χ1) is 18.5. The number of hydrogen-bond donors (Lipinski definition) is 2. The summed E-state index contributed by atoms with van der Waals surface area (Å²) in [5, 5.41) is 2.89. The van der Waals surface area contributed by atoms with Crippen molar-refractivity contribution in [3.05, 3.63) is 75.7 Å². The lowest BCUT2D eigenvalue weighted by Crippen LogP contribution is -2.49. The van der Waals surface area contributed by atoms with Crippen LogP contribution in [0.5, 0.6) is 5.75 Å². The van der Waals surface area contributed by atoms with Crippen molar-refractivity contribution in [1.82, 2.24) is 14.3 Å². The summed E-state index contributed by atoms with van der Waals surface area (Å²) in [5.74, 6) is -0.461. The molecule has 4 rings (SSSR count). The lowest BCUT2D eigenvalue weighted by atomic mass is 9.81. The molecule has 2 aromatic carbocycles. The van der Waals surface area contributed by atoms with Crippen molar-refractivity contribution in [2.45, 2.75) is 39.4 Å². The molecule has 0 unspecified atom stereocenters. The molecule has 0 radical (unpaired) electrons. The van der Waals surface area contributed by atoms with Gasteiger partial charge in [0.2, 0.25) is 5.91 Å². The maximum Gasteiger partial charge on any atom is 0.295 e. The summed E-state index contributed by atoms with van der Waals surface area (Å²) >= 11 is 0. The second-order valence-electron chi connectivity index (χ2n) is 10.9. The van der Waals surface area contributed by atoms with Crippen molar-refractivity contribution in [2.75, 3.05) is 32.6 Å². The van der Waals surface area contributed by atoms with Crippen LogP contribution in [-0.2, 0) is 29.6 Å². The average Bonchev–Trinajstić information content (AvgIpc) is 3.09. The number of ether oxygens (including phenoxy) is 2. The van der Waals surface area contributed by atoms with E-state index < -0.39 is 11.3 Å². The summed E-state index contributed by atoms with van der Waals surface area (Å²) in [5.41, 5.74) is 7.23. The molecule has 1 fully saturated rings. The van der Waals surface area contributed by atoms with Gasteiger partial charge in [0, 0.05) is 26.6 Å². The molecule has 0 atom stereocenters. The number of nitrogens with zero attached hydrogens (tertiary/aromatic N) is 3. The van der Waals surface area contributed by atoms with E-state index in [0.717, 1.165) is 18.7 Å². The Bertz CT molecular complexity index is 1400. The summed E-state index contributed by atoms with van der Waals surface area (Å²) in [7, 11) is 5.30. The number of likely N-dealkylation sites (tertiary alicyclic amines) is 1. The fraction of sp³-hybridized carbons (Fsp3) is 0.414. The van der Waals surface area contributed by atoms with Gasteiger partial charge >= 0.3 is 0 Å². The molecule has 10 heteroatoms. The number of anilines is 1. The SMILES string of the molecule is COc1c(CC(C)(C)CC(=O)Nc2c(COC3CN(C)C3)n(C)n(-c3ccccc3)c2=O)cccc1C(N)=O. The van der Waals surface area contributed by atoms with Crippen molar-refractivity contribution < 1.29 is 19.1 Å². The van der Waals surface area contributed by atoms with E-state index in [1.807, 2.05) is 57.3 Å². The van der Waals surface area contributed by atoms with Gasteiger partial charge in [-0.1, -0.05) is 44.2 Å². The van der Waals surface area contributed by atoms with E-state index in [2.05, 4.69) is 10.2 Å². The van der Waals surface area contributed by atoms with Crippen LogP contribution in [0.1, 0.15) is 41.9 Å². The predicted molar refractivity (Wildman–Crippen MR) is 149 cm³/mol. The van der Waals surface area contributed by atoms with Gasteiger partial charge in [-0.15, -0.1) is 0 Å². The lowest BCUT2D eigenvalue weighted by Gasteiger charge is -2.35. The summed E-state index contributed by atoms with van der Waals surface area (Å²) in [6.45, 7) is 5.74. The highest BCUT2D eigenvalue weighted by molar-refractivity contribution is 5.96. The van der Waals surface area contributed by atoms with Crippen LogP contribution in [-0.4, -0.2) is 59.4 Å². The Hall–Kier alpha value is -3.89. The van der Waals surface area contributed by atoms with E-state index in [1.54, 1.807) is 23.9 Å². The molecule has 0 saturated carbocycles. The Labute approximate surface area is 228 Å². The molecule has 0 spiro atoms. The molecule has 3 aromatic rings. The van der Waals surface area contributed by atoms with Gasteiger partial charge in [-0.2, -0.15) is 0 Å². The standard InChI is InChI=1S/C29H37N5O5/c1-29(2,14-19-10-9-13-22(27(30)36)26(19)38-5)15-24(35)31-25-23(18-39-21-16-32(3)17-21)33(4)34(28(25)37)20-11-7-6-8-12-20/h6-13,21H,14-18H2,1-5H3,(H2,30,36)(H,31,35). The minimum absolute atomic E-state index is 0.0822. The molecule has 1 aromatic heterocycles. The second kappa shape index (κ2) is 11.5. The van der Waals surface area contributed by atoms with Crippen molar-refractivity contribution in [3.8, 4) is 11.4 Å². The van der Waals surface area contributed by atoms with Gasteiger partial charge in [-0.25, -0.2) is 4.68 Å². The molecular weight excluding hydrogens is 498 g/mol. The van der Waals surface area contributed by atoms with E-state index >= 15 is 0 Å². The highest BCUT2D eigenvalue weighted by Crippen LogP contribution is 2.33. The lowest BCUT2D eigenvalue weighted by molar-refractivity contribution is -0.118. The molecule has 0 aliphatic carbocycles. The van der Waals surface area contributed by atoms with Crippen LogP contribution >= 0.6 is 0 Å². The van der Waals surface area contributed by atoms with Crippen LogP contribution in [0.15, 0.2) is 53.3 Å². The fourth-order valence-electron chi connectivity index (χ4n) is 5.10. The van der Waals surface area contributed by atoms with E-state index in [-0.39, 0.29) is 36.3 Å². The monoisotopic (exact) mass is 535 g/mol. The van der Waals surface area contributed by atoms with E-state index in [4.69, 9.17) is 15.2 Å². The highest BCUT2D eigenvalue weighted by atomic mass is 16.5. The van der Waals surface area contributed by atoms with E-state index in [9.17, 15) is 14.4 Å². The predicted octanol–water partition coefficient (Wildman–Crippen LogP) is 2.71. The van der Waals surface area contributed by atoms with E-state index in [0.29, 0.717) is 29.1 Å². The highest BCUT2D eigenvalue weighted by Gasteiger charge is 2.29. The van der Waals surface area contributed by atoms with Crippen LogP contribution in [0, 0.1) is 5.41 Å². The number of nitrogens with two attached hydrogens (primary N) is 1. The fourth-order valence-corrected chi connectivity index (χ4v) is 5.10. The number of aromatic nitrogens is 2. The Morgan fingerprint density at radius 3 is 2.38 bits per heavy atom. The van der Waals surface area contributed by atoms with Crippen LogP contribution in [0.2, 0.25) is 0 Å². The number of carbonyl (C=O) groups is 2. The zero-order chi connectivity index (χ0) is 28.3. The van der Waals surface area contributed by atoms with Gasteiger partial charge in [0.15, 0.2) is 0 Å². The van der Waals surface area contributed by atoms with Crippen LogP contribution in [0.3, 0.4) is 0 Å². The zero-order valence-electron chi connectivity index (χ0n) is 23.2. The number of hydrogen-bond acceptors (Lipinski definition) is 6. The number of nitrogens with one attached hydrogen (secondary N) is 1. The van der Waals surface area contributed by atoms with Gasteiger partial charge in [0.05, 0.1) is 36.8 Å². The van der Waals surface area contributed by atoms with Crippen LogP contribution < -0.4 is 21.3 Å². The number of amides is 2. The van der Waals surface area contributed by atoms with E-state index in [1.165, 1.54) is 11.8 Å². The van der Waals surface area contributed by atoms with Gasteiger partial charge < -0.3 is 25.4 Å². The third-order valence-electron chi connectivity index (χ3n) is 7.01. The first kappa shape index (κ1) is 28.1. The summed E-state index contributed by atoms with van der Waals surface area (Å²) in [6.07, 6.45) is 0.669. The maximum absolute atomic E-state index is 13.6. The van der Waals surface area contributed by atoms with Gasteiger partial charge in [0.1, 0.15) is 11.4 Å². The van der Waals surface area contributed by atoms with Gasteiger partial charge in [0.25, 0.3) is 11.5 Å². The molecule has 1 aliphatic rings. The number of primary amides is 1. The van der Waals surface area contributed by atoms with Gasteiger partial charge in [-0.3, -0.25) is 19.1 Å². The van der Waals surface area contributed by atoms with Crippen molar-refractivity contribution in [3.63, 3.8) is 0 Å². The molecule has 0 bridgehead atoms. The maximum atomic E-state index is 13.6.